The minimum Gasteiger partial charge on any atom is -0.478 e. The summed E-state index contributed by atoms with van der Waals surface area (Å²) in [7, 11) is 0. The van der Waals surface area contributed by atoms with Crippen molar-refractivity contribution >= 4 is 22.6 Å². The number of rotatable bonds is 1. The van der Waals surface area contributed by atoms with Gasteiger partial charge in [-0.05, 0) is 17.5 Å². The van der Waals surface area contributed by atoms with Gasteiger partial charge >= 0.3 is 5.97 Å². The highest BCUT2D eigenvalue weighted by Gasteiger charge is 2.07. The number of anilines is 1. The maximum Gasteiger partial charge on any atom is 0.336 e. The van der Waals surface area contributed by atoms with Gasteiger partial charge in [-0.2, -0.15) is 0 Å². The molecule has 0 amide bonds. The molecule has 0 radical (unpaired) electrons. The highest BCUT2D eigenvalue weighted by Crippen LogP contribution is 2.19. The van der Waals surface area contributed by atoms with Crippen LogP contribution < -0.4 is 5.73 Å². The number of hydrogen-bond donors (Lipinski definition) is 2. The number of carbonyl (C=O) groups is 1. The molecule has 0 aliphatic rings. The Morgan fingerprint density at radius 3 is 2.93 bits per heavy atom. The number of fused-ring (bicyclic) bond motifs is 1. The van der Waals surface area contributed by atoms with Gasteiger partial charge in [-0.15, -0.1) is 0 Å². The van der Waals surface area contributed by atoms with Gasteiger partial charge in [0.05, 0.1) is 5.56 Å². The molecule has 0 atom stereocenters. The van der Waals surface area contributed by atoms with Crippen molar-refractivity contribution in [2.24, 2.45) is 0 Å². The number of hydrogen-bond acceptors (Lipinski definition) is 3. The molecular weight excluding hydrogens is 180 g/mol. The summed E-state index contributed by atoms with van der Waals surface area (Å²) in [5, 5.41) is 10.3. The molecule has 0 aliphatic carbocycles. The van der Waals surface area contributed by atoms with E-state index in [0.717, 1.165) is 5.39 Å². The minimum absolute atomic E-state index is 0.245. The molecule has 4 heteroatoms. The summed E-state index contributed by atoms with van der Waals surface area (Å²) in [6.45, 7) is 0. The molecule has 4 nitrogen and oxygen atoms in total. The first-order valence-corrected chi connectivity index (χ1v) is 4.06. The summed E-state index contributed by atoms with van der Waals surface area (Å²) in [5.41, 5.74) is 5.74. The number of nitrogens with two attached hydrogens (primary N) is 1. The first-order valence-electron chi connectivity index (χ1n) is 4.06. The van der Waals surface area contributed by atoms with Gasteiger partial charge in [0.15, 0.2) is 0 Å². The first kappa shape index (κ1) is 8.50. The zero-order valence-corrected chi connectivity index (χ0v) is 7.27. The van der Waals surface area contributed by atoms with Crippen LogP contribution in [0.25, 0.3) is 10.8 Å². The lowest BCUT2D eigenvalue weighted by atomic mass is 10.1. The standard InChI is InChI=1S/C10H8N2O2/c11-9-4-6-2-1-3-7(10(13)14)8(6)5-12-9/h1-5H,(H2,11,12)(H,13,14). The summed E-state index contributed by atoms with van der Waals surface area (Å²) in [4.78, 5) is 14.7. The normalized spacial score (nSPS) is 10.3. The van der Waals surface area contributed by atoms with Crippen molar-refractivity contribution in [3.63, 3.8) is 0 Å². The van der Waals surface area contributed by atoms with Crippen molar-refractivity contribution < 1.29 is 9.90 Å². The Kier molecular flexibility index (Phi) is 1.81. The van der Waals surface area contributed by atoms with Gasteiger partial charge in [0, 0.05) is 11.6 Å². The molecule has 1 heterocycles. The molecule has 1 aromatic heterocycles. The molecule has 2 aromatic rings. The fourth-order valence-corrected chi connectivity index (χ4v) is 1.38. The van der Waals surface area contributed by atoms with Gasteiger partial charge in [-0.1, -0.05) is 12.1 Å². The lowest BCUT2D eigenvalue weighted by Gasteiger charge is -2.01. The van der Waals surface area contributed by atoms with Gasteiger partial charge < -0.3 is 10.8 Å². The quantitative estimate of drug-likeness (QED) is 0.711. The Hall–Kier alpha value is -2.10. The van der Waals surface area contributed by atoms with Crippen LogP contribution in [-0.4, -0.2) is 16.1 Å². The van der Waals surface area contributed by atoms with Crippen LogP contribution in [0, 0.1) is 0 Å². The number of nitrogen functional groups attached to an aromatic ring is 1. The summed E-state index contributed by atoms with van der Waals surface area (Å²) in [6, 6.07) is 6.69. The van der Waals surface area contributed by atoms with Crippen LogP contribution in [0.3, 0.4) is 0 Å². The second-order valence-corrected chi connectivity index (χ2v) is 2.94. The number of benzene rings is 1. The van der Waals surface area contributed by atoms with Gasteiger partial charge in [-0.25, -0.2) is 9.78 Å². The van der Waals surface area contributed by atoms with E-state index in [2.05, 4.69) is 4.98 Å². The van der Waals surface area contributed by atoms with Crippen molar-refractivity contribution in [2.45, 2.75) is 0 Å². The monoisotopic (exact) mass is 188 g/mol. The van der Waals surface area contributed by atoms with Crippen molar-refractivity contribution in [3.05, 3.63) is 36.0 Å². The topological polar surface area (TPSA) is 76.2 Å². The van der Waals surface area contributed by atoms with E-state index in [9.17, 15) is 4.79 Å². The summed E-state index contributed by atoms with van der Waals surface area (Å²) < 4.78 is 0. The van der Waals surface area contributed by atoms with Crippen LogP contribution in [0.2, 0.25) is 0 Å². The van der Waals surface area contributed by atoms with Crippen LogP contribution in [0.5, 0.6) is 0 Å². The molecule has 0 unspecified atom stereocenters. The van der Waals surface area contributed by atoms with E-state index in [-0.39, 0.29) is 5.56 Å². The average Bonchev–Trinajstić information content (AvgIpc) is 2.16. The van der Waals surface area contributed by atoms with E-state index >= 15 is 0 Å². The summed E-state index contributed by atoms with van der Waals surface area (Å²) in [6.07, 6.45) is 1.48. The fraction of sp³-hybridized carbons (Fsp3) is 0. The molecule has 0 bridgehead atoms. The fourth-order valence-electron chi connectivity index (χ4n) is 1.38. The molecule has 0 saturated carbocycles. The van der Waals surface area contributed by atoms with Gasteiger partial charge in [0.1, 0.15) is 5.82 Å². The number of carboxylic acids is 1. The van der Waals surface area contributed by atoms with Crippen LogP contribution in [0.15, 0.2) is 30.5 Å². The highest BCUT2D eigenvalue weighted by molar-refractivity contribution is 6.03. The molecule has 0 fully saturated rings. The van der Waals surface area contributed by atoms with E-state index in [4.69, 9.17) is 10.8 Å². The minimum atomic E-state index is -0.956. The Morgan fingerprint density at radius 2 is 2.21 bits per heavy atom. The predicted octanol–water partition coefficient (Wildman–Crippen LogP) is 1.52. The molecule has 0 aliphatic heterocycles. The number of aromatic carboxylic acids is 1. The van der Waals surface area contributed by atoms with E-state index in [0.29, 0.717) is 11.2 Å². The second kappa shape index (κ2) is 2.99. The molecule has 2 rings (SSSR count). The van der Waals surface area contributed by atoms with Gasteiger partial charge in [0.25, 0.3) is 0 Å². The molecule has 0 spiro atoms. The van der Waals surface area contributed by atoms with E-state index in [1.807, 2.05) is 0 Å². The number of pyridine rings is 1. The molecule has 3 N–H and O–H groups in total. The maximum atomic E-state index is 10.8. The van der Waals surface area contributed by atoms with Crippen LogP contribution in [0.4, 0.5) is 5.82 Å². The van der Waals surface area contributed by atoms with Crippen molar-refractivity contribution in [3.8, 4) is 0 Å². The summed E-state index contributed by atoms with van der Waals surface area (Å²) >= 11 is 0. The third kappa shape index (κ3) is 1.26. The molecular formula is C10H8N2O2. The maximum absolute atomic E-state index is 10.8. The average molecular weight is 188 g/mol. The Bertz CT molecular complexity index is 508. The Morgan fingerprint density at radius 1 is 1.43 bits per heavy atom. The molecule has 14 heavy (non-hydrogen) atoms. The number of nitrogens with zero attached hydrogens (tertiary/aromatic N) is 1. The highest BCUT2D eigenvalue weighted by atomic mass is 16.4. The lowest BCUT2D eigenvalue weighted by molar-refractivity contribution is 0.0699. The second-order valence-electron chi connectivity index (χ2n) is 2.94. The number of aromatic nitrogens is 1. The van der Waals surface area contributed by atoms with E-state index < -0.39 is 5.97 Å². The summed E-state index contributed by atoms with van der Waals surface area (Å²) in [5.74, 6) is -0.567. The predicted molar refractivity (Wildman–Crippen MR) is 53.1 cm³/mol. The zero-order valence-electron chi connectivity index (χ0n) is 7.27. The molecule has 70 valence electrons. The van der Waals surface area contributed by atoms with Crippen LogP contribution in [0.1, 0.15) is 10.4 Å². The van der Waals surface area contributed by atoms with Crippen LogP contribution >= 0.6 is 0 Å². The van der Waals surface area contributed by atoms with Gasteiger partial charge in [-0.3, -0.25) is 0 Å². The Balaban J connectivity index is 2.81. The van der Waals surface area contributed by atoms with E-state index in [1.54, 1.807) is 24.3 Å². The molecule has 1 aromatic carbocycles. The van der Waals surface area contributed by atoms with Crippen molar-refractivity contribution in [2.75, 3.05) is 5.73 Å². The Labute approximate surface area is 80.0 Å². The largest absolute Gasteiger partial charge is 0.478 e. The van der Waals surface area contributed by atoms with Crippen molar-refractivity contribution in [1.82, 2.24) is 4.98 Å². The van der Waals surface area contributed by atoms with Crippen LogP contribution in [-0.2, 0) is 0 Å². The SMILES string of the molecule is Nc1cc2cccc(C(=O)O)c2cn1. The number of carboxylic acid groups (broad SMARTS) is 1. The lowest BCUT2D eigenvalue weighted by Crippen LogP contribution is -1.98. The zero-order chi connectivity index (χ0) is 10.1. The molecule has 0 saturated heterocycles. The first-order chi connectivity index (χ1) is 6.68. The smallest absolute Gasteiger partial charge is 0.336 e. The van der Waals surface area contributed by atoms with Gasteiger partial charge in [0.2, 0.25) is 0 Å². The van der Waals surface area contributed by atoms with E-state index in [1.165, 1.54) is 6.20 Å². The third-order valence-corrected chi connectivity index (χ3v) is 2.02. The van der Waals surface area contributed by atoms with Crippen molar-refractivity contribution in [1.29, 1.82) is 0 Å². The third-order valence-electron chi connectivity index (χ3n) is 2.02.